The highest BCUT2D eigenvalue weighted by molar-refractivity contribution is 6.76. The van der Waals surface area contributed by atoms with E-state index in [0.29, 0.717) is 0 Å². The molecule has 0 radical (unpaired) electrons. The molecule has 0 aromatic carbocycles. The topological polar surface area (TPSA) is 0 Å². The Bertz CT molecular complexity index is 113. The van der Waals surface area contributed by atoms with Crippen molar-refractivity contribution in [2.45, 2.75) is 25.7 Å². The third-order valence-corrected chi connectivity index (χ3v) is 2.06. The van der Waals surface area contributed by atoms with Crippen molar-refractivity contribution in [2.24, 2.45) is 0 Å². The zero-order chi connectivity index (χ0) is 6.62. The molecule has 0 rings (SSSR count). The summed E-state index contributed by atoms with van der Waals surface area (Å²) in [5, 5.41) is 2.38. The van der Waals surface area contributed by atoms with Crippen molar-refractivity contribution in [3.05, 3.63) is 0 Å². The third-order valence-electron chi connectivity index (χ3n) is 0.686. The van der Waals surface area contributed by atoms with Gasteiger partial charge in [0.05, 0.1) is 8.07 Å². The Balaban J connectivity index is 3.50. The number of halogens is 1. The molecule has 0 aliphatic rings. The van der Waals surface area contributed by atoms with Crippen LogP contribution in [0.3, 0.4) is 0 Å². The largest absolute Gasteiger partial charge is 0.0889 e. The third kappa shape index (κ3) is 6.07. The average molecular weight is 147 g/mol. The lowest BCUT2D eigenvalue weighted by atomic mass is 10.8. The van der Waals surface area contributed by atoms with Crippen LogP contribution in [0.1, 0.15) is 0 Å². The fourth-order valence-corrected chi connectivity index (χ4v) is 1.10. The van der Waals surface area contributed by atoms with Gasteiger partial charge in [0.25, 0.3) is 0 Å². The second kappa shape index (κ2) is 3.16. The van der Waals surface area contributed by atoms with Gasteiger partial charge in [0, 0.05) is 11.4 Å². The Morgan fingerprint density at radius 3 is 2.00 bits per heavy atom. The summed E-state index contributed by atoms with van der Waals surface area (Å²) in [5.74, 6) is 2.87. The van der Waals surface area contributed by atoms with Gasteiger partial charge in [-0.05, 0) is 11.6 Å². The van der Waals surface area contributed by atoms with Gasteiger partial charge in [0.15, 0.2) is 0 Å². The van der Waals surface area contributed by atoms with Crippen LogP contribution in [0, 0.1) is 11.3 Å². The van der Waals surface area contributed by atoms with Crippen LogP contribution in [0.2, 0.25) is 25.7 Å². The van der Waals surface area contributed by atoms with Crippen LogP contribution >= 0.6 is 11.6 Å². The first-order valence-electron chi connectivity index (χ1n) is 2.65. The van der Waals surface area contributed by atoms with E-state index in [2.05, 4.69) is 30.9 Å². The van der Waals surface area contributed by atoms with Crippen molar-refractivity contribution in [3.63, 3.8) is 0 Å². The summed E-state index contributed by atoms with van der Waals surface area (Å²) in [4.78, 5) is 0. The smallest absolute Gasteiger partial charge is 0.0574 e. The SMILES string of the molecule is C[Si](C)(C)CC#CCl. The maximum atomic E-state index is 5.17. The second-order valence-corrected chi connectivity index (χ2v) is 8.67. The molecule has 0 unspecified atom stereocenters. The Kier molecular flexibility index (Phi) is 3.19. The fourth-order valence-electron chi connectivity index (χ4n) is 0.299. The van der Waals surface area contributed by atoms with E-state index in [0.717, 1.165) is 6.04 Å². The minimum atomic E-state index is -0.936. The molecule has 0 bridgehead atoms. The molecule has 8 heavy (non-hydrogen) atoms. The zero-order valence-corrected chi connectivity index (χ0v) is 7.34. The summed E-state index contributed by atoms with van der Waals surface area (Å²) < 4.78 is 0. The van der Waals surface area contributed by atoms with Crippen molar-refractivity contribution < 1.29 is 0 Å². The molecule has 0 aromatic rings. The van der Waals surface area contributed by atoms with Gasteiger partial charge in [0.2, 0.25) is 0 Å². The highest BCUT2D eigenvalue weighted by atomic mass is 35.5. The van der Waals surface area contributed by atoms with E-state index in [4.69, 9.17) is 11.6 Å². The van der Waals surface area contributed by atoms with Crippen LogP contribution in [0.15, 0.2) is 0 Å². The maximum Gasteiger partial charge on any atom is 0.0574 e. The molecular formula is C6H11ClSi. The molecule has 0 heterocycles. The van der Waals surface area contributed by atoms with E-state index >= 15 is 0 Å². The molecule has 46 valence electrons. The maximum absolute atomic E-state index is 5.17. The fraction of sp³-hybridized carbons (Fsp3) is 0.667. The summed E-state index contributed by atoms with van der Waals surface area (Å²) in [6, 6.07) is 1.01. The van der Waals surface area contributed by atoms with Gasteiger partial charge in [-0.3, -0.25) is 0 Å². The monoisotopic (exact) mass is 146 g/mol. The lowest BCUT2D eigenvalue weighted by Crippen LogP contribution is -2.17. The standard InChI is InChI=1S/C6H11ClSi/c1-8(2,3)6-4-5-7/h6H2,1-3H3. The summed E-state index contributed by atoms with van der Waals surface area (Å²) in [7, 11) is -0.936. The van der Waals surface area contributed by atoms with Crippen LogP contribution in [-0.4, -0.2) is 8.07 Å². The molecule has 0 aliphatic heterocycles. The van der Waals surface area contributed by atoms with Crippen LogP contribution in [0.5, 0.6) is 0 Å². The Labute approximate surface area is 57.2 Å². The lowest BCUT2D eigenvalue weighted by molar-refractivity contribution is 1.57. The van der Waals surface area contributed by atoms with Crippen molar-refractivity contribution >= 4 is 19.7 Å². The second-order valence-electron chi connectivity index (χ2n) is 3.01. The first-order valence-corrected chi connectivity index (χ1v) is 6.73. The summed E-state index contributed by atoms with van der Waals surface area (Å²) in [6.45, 7) is 6.82. The number of hydrogen-bond acceptors (Lipinski definition) is 0. The highest BCUT2D eigenvalue weighted by Crippen LogP contribution is 2.05. The molecule has 0 saturated heterocycles. The summed E-state index contributed by atoms with van der Waals surface area (Å²) in [6.07, 6.45) is 0. The summed E-state index contributed by atoms with van der Waals surface area (Å²) in [5.41, 5.74) is 0. The molecule has 2 heteroatoms. The minimum absolute atomic E-state index is 0.936. The van der Waals surface area contributed by atoms with E-state index in [1.54, 1.807) is 0 Å². The van der Waals surface area contributed by atoms with Crippen molar-refractivity contribution in [3.8, 4) is 11.3 Å². The van der Waals surface area contributed by atoms with Crippen LogP contribution in [0.25, 0.3) is 0 Å². The molecule has 0 atom stereocenters. The molecular weight excluding hydrogens is 136 g/mol. The molecule has 0 fully saturated rings. The van der Waals surface area contributed by atoms with E-state index in [1.807, 2.05) is 0 Å². The Hall–Kier alpha value is 0.0669. The molecule has 0 nitrogen and oxygen atoms in total. The van der Waals surface area contributed by atoms with Gasteiger partial charge in [-0.25, -0.2) is 0 Å². The predicted molar refractivity (Wildman–Crippen MR) is 41.8 cm³/mol. The quantitative estimate of drug-likeness (QED) is 0.394. The van der Waals surface area contributed by atoms with Crippen LogP contribution in [0.4, 0.5) is 0 Å². The zero-order valence-electron chi connectivity index (χ0n) is 5.59. The minimum Gasteiger partial charge on any atom is -0.0889 e. The molecule has 0 aromatic heterocycles. The van der Waals surface area contributed by atoms with E-state index in [1.165, 1.54) is 0 Å². The Morgan fingerprint density at radius 1 is 1.38 bits per heavy atom. The normalized spacial score (nSPS) is 10.0. The van der Waals surface area contributed by atoms with Gasteiger partial charge >= 0.3 is 0 Å². The van der Waals surface area contributed by atoms with Gasteiger partial charge in [0.1, 0.15) is 0 Å². The summed E-state index contributed by atoms with van der Waals surface area (Å²) >= 11 is 5.17. The van der Waals surface area contributed by atoms with Gasteiger partial charge in [-0.1, -0.05) is 25.6 Å². The van der Waals surface area contributed by atoms with Crippen LogP contribution in [-0.2, 0) is 0 Å². The van der Waals surface area contributed by atoms with E-state index in [9.17, 15) is 0 Å². The van der Waals surface area contributed by atoms with E-state index in [-0.39, 0.29) is 0 Å². The first kappa shape index (κ1) is 8.07. The van der Waals surface area contributed by atoms with Gasteiger partial charge in [-0.15, -0.1) is 0 Å². The van der Waals surface area contributed by atoms with E-state index < -0.39 is 8.07 Å². The first-order chi connectivity index (χ1) is 3.56. The van der Waals surface area contributed by atoms with Crippen molar-refractivity contribution in [1.29, 1.82) is 0 Å². The molecule has 0 saturated carbocycles. The highest BCUT2D eigenvalue weighted by Gasteiger charge is 2.09. The van der Waals surface area contributed by atoms with Gasteiger partial charge < -0.3 is 0 Å². The molecule has 0 N–H and O–H groups in total. The predicted octanol–water partition coefficient (Wildman–Crippen LogP) is 2.52. The van der Waals surface area contributed by atoms with Gasteiger partial charge in [-0.2, -0.15) is 0 Å². The molecule has 0 spiro atoms. The Morgan fingerprint density at radius 2 is 1.88 bits per heavy atom. The van der Waals surface area contributed by atoms with Crippen molar-refractivity contribution in [2.75, 3.05) is 0 Å². The average Bonchev–Trinajstić information content (AvgIpc) is 1.59. The van der Waals surface area contributed by atoms with Crippen molar-refractivity contribution in [1.82, 2.24) is 0 Å². The number of hydrogen-bond donors (Lipinski definition) is 0. The van der Waals surface area contributed by atoms with Crippen LogP contribution < -0.4 is 0 Å². The molecule has 0 aliphatic carbocycles. The molecule has 0 amide bonds. The lowest BCUT2D eigenvalue weighted by Gasteiger charge is -2.08. The number of rotatable bonds is 1.